The van der Waals surface area contributed by atoms with Gasteiger partial charge in [-0.3, -0.25) is 4.79 Å². The number of carbonyl (C=O) groups excluding carboxylic acids is 1. The first kappa shape index (κ1) is 16.9. The zero-order valence-corrected chi connectivity index (χ0v) is 12.7. The van der Waals surface area contributed by atoms with E-state index in [4.69, 9.17) is 9.15 Å². The van der Waals surface area contributed by atoms with Gasteiger partial charge in [-0.15, -0.1) is 6.58 Å². The van der Waals surface area contributed by atoms with Gasteiger partial charge in [0.05, 0.1) is 7.11 Å². The van der Waals surface area contributed by atoms with E-state index in [0.29, 0.717) is 27.2 Å². The molecule has 2 rings (SSSR count). The number of methoxy groups -OCH3 is 1. The van der Waals surface area contributed by atoms with E-state index < -0.39 is 18.6 Å². The molecule has 0 aliphatic heterocycles. The van der Waals surface area contributed by atoms with Gasteiger partial charge in [-0.2, -0.15) is 13.2 Å². The summed E-state index contributed by atoms with van der Waals surface area (Å²) >= 11 is 0. The van der Waals surface area contributed by atoms with Gasteiger partial charge >= 0.3 is 6.18 Å². The molecule has 0 saturated heterocycles. The summed E-state index contributed by atoms with van der Waals surface area (Å²) < 4.78 is 48.5. The van der Waals surface area contributed by atoms with Crippen LogP contribution in [0, 0.1) is 6.92 Å². The van der Waals surface area contributed by atoms with Crippen LogP contribution < -0.4 is 4.74 Å². The maximum atomic E-state index is 12.6. The van der Waals surface area contributed by atoms with Crippen molar-refractivity contribution >= 4 is 16.9 Å². The van der Waals surface area contributed by atoms with Crippen molar-refractivity contribution in [3.63, 3.8) is 0 Å². The quantitative estimate of drug-likeness (QED) is 0.781. The molecule has 0 aliphatic carbocycles. The van der Waals surface area contributed by atoms with Gasteiger partial charge in [-0.05, 0) is 25.1 Å². The number of rotatable bonds is 5. The van der Waals surface area contributed by atoms with Crippen LogP contribution in [-0.4, -0.2) is 37.2 Å². The summed E-state index contributed by atoms with van der Waals surface area (Å²) in [5, 5.41) is 0.623. The first-order chi connectivity index (χ1) is 10.8. The molecule has 23 heavy (non-hydrogen) atoms. The number of alkyl halides is 3. The van der Waals surface area contributed by atoms with Crippen LogP contribution in [0.1, 0.15) is 16.1 Å². The number of furan rings is 1. The number of hydrogen-bond acceptors (Lipinski definition) is 3. The lowest BCUT2D eigenvalue weighted by molar-refractivity contribution is -0.139. The number of benzene rings is 1. The fourth-order valence-corrected chi connectivity index (χ4v) is 2.27. The number of aryl methyl sites for hydroxylation is 1. The summed E-state index contributed by atoms with van der Waals surface area (Å²) in [6, 6.07) is 4.93. The van der Waals surface area contributed by atoms with E-state index >= 15 is 0 Å². The third-order valence-corrected chi connectivity index (χ3v) is 3.34. The van der Waals surface area contributed by atoms with Crippen LogP contribution in [0.3, 0.4) is 0 Å². The third-order valence-electron chi connectivity index (χ3n) is 3.34. The van der Waals surface area contributed by atoms with E-state index in [2.05, 4.69) is 6.58 Å². The minimum absolute atomic E-state index is 0.112. The summed E-state index contributed by atoms with van der Waals surface area (Å²) in [5.74, 6) is -0.368. The molecule has 2 aromatic rings. The van der Waals surface area contributed by atoms with Gasteiger partial charge in [-0.1, -0.05) is 6.08 Å². The molecule has 0 bridgehead atoms. The van der Waals surface area contributed by atoms with Crippen LogP contribution >= 0.6 is 0 Å². The molecule has 1 amide bonds. The standard InChI is InChI=1S/C16H16F3NO3/c1-4-7-20(9-16(17,18)19)15(21)14-10(2)12-8-11(22-3)5-6-13(12)23-14/h4-6,8H,1,7,9H2,2-3H3. The van der Waals surface area contributed by atoms with Crippen molar-refractivity contribution in [1.29, 1.82) is 0 Å². The van der Waals surface area contributed by atoms with Gasteiger partial charge in [0.15, 0.2) is 5.76 Å². The highest BCUT2D eigenvalue weighted by Gasteiger charge is 2.34. The van der Waals surface area contributed by atoms with E-state index in [1.807, 2.05) is 0 Å². The molecule has 0 spiro atoms. The normalized spacial score (nSPS) is 11.5. The van der Waals surface area contributed by atoms with Gasteiger partial charge in [0.2, 0.25) is 0 Å². The average Bonchev–Trinajstić information content (AvgIpc) is 2.81. The molecule has 0 saturated carbocycles. The number of fused-ring (bicyclic) bond motifs is 1. The second-order valence-electron chi connectivity index (χ2n) is 5.01. The van der Waals surface area contributed by atoms with Crippen molar-refractivity contribution in [2.75, 3.05) is 20.2 Å². The lowest BCUT2D eigenvalue weighted by Gasteiger charge is -2.21. The predicted octanol–water partition coefficient (Wildman–Crippen LogP) is 3.94. The molecule has 0 fully saturated rings. The van der Waals surface area contributed by atoms with Gasteiger partial charge < -0.3 is 14.1 Å². The van der Waals surface area contributed by atoms with Crippen molar-refractivity contribution in [3.05, 3.63) is 42.2 Å². The summed E-state index contributed by atoms with van der Waals surface area (Å²) in [5.41, 5.74) is 0.886. The molecule has 1 aromatic carbocycles. The maximum absolute atomic E-state index is 12.6. The van der Waals surface area contributed by atoms with Crippen molar-refractivity contribution < 1.29 is 27.1 Å². The zero-order valence-electron chi connectivity index (χ0n) is 12.7. The molecule has 0 N–H and O–H groups in total. The van der Waals surface area contributed by atoms with Crippen LogP contribution in [0.5, 0.6) is 5.75 Å². The molecule has 0 unspecified atom stereocenters. The monoisotopic (exact) mass is 327 g/mol. The molecule has 0 aliphatic rings. The molecule has 0 radical (unpaired) electrons. The Balaban J connectivity index is 2.42. The second-order valence-corrected chi connectivity index (χ2v) is 5.01. The van der Waals surface area contributed by atoms with E-state index in [1.165, 1.54) is 13.2 Å². The van der Waals surface area contributed by atoms with Gasteiger partial charge in [-0.25, -0.2) is 0 Å². The fourth-order valence-electron chi connectivity index (χ4n) is 2.27. The van der Waals surface area contributed by atoms with E-state index in [0.717, 1.165) is 0 Å². The molecule has 7 heteroatoms. The minimum atomic E-state index is -4.50. The number of amides is 1. The van der Waals surface area contributed by atoms with E-state index in [1.54, 1.807) is 25.1 Å². The Morgan fingerprint density at radius 1 is 1.43 bits per heavy atom. The van der Waals surface area contributed by atoms with Gasteiger partial charge in [0.1, 0.15) is 17.9 Å². The van der Waals surface area contributed by atoms with Gasteiger partial charge in [0.25, 0.3) is 5.91 Å². The Labute approximate surface area is 131 Å². The summed E-state index contributed by atoms with van der Waals surface area (Å²) in [7, 11) is 1.50. The summed E-state index contributed by atoms with van der Waals surface area (Å²) in [6.45, 7) is 3.42. The number of carbonyl (C=O) groups is 1. The topological polar surface area (TPSA) is 42.7 Å². The third kappa shape index (κ3) is 3.67. The van der Waals surface area contributed by atoms with E-state index in [9.17, 15) is 18.0 Å². The zero-order chi connectivity index (χ0) is 17.2. The smallest absolute Gasteiger partial charge is 0.406 e. The SMILES string of the molecule is C=CCN(CC(F)(F)F)C(=O)c1oc2ccc(OC)cc2c1C. The number of ether oxygens (including phenoxy) is 1. The lowest BCUT2D eigenvalue weighted by Crippen LogP contribution is -2.39. The second kappa shape index (κ2) is 6.36. The van der Waals surface area contributed by atoms with Crippen molar-refractivity contribution in [1.82, 2.24) is 4.90 Å². The molecule has 124 valence electrons. The largest absolute Gasteiger partial charge is 0.497 e. The van der Waals surface area contributed by atoms with Gasteiger partial charge in [0, 0.05) is 17.5 Å². The van der Waals surface area contributed by atoms with Crippen LogP contribution in [-0.2, 0) is 0 Å². The van der Waals surface area contributed by atoms with Crippen LogP contribution in [0.2, 0.25) is 0 Å². The predicted molar refractivity (Wildman–Crippen MR) is 79.7 cm³/mol. The molecule has 0 atom stereocenters. The molecular weight excluding hydrogens is 311 g/mol. The first-order valence-electron chi connectivity index (χ1n) is 6.81. The molecule has 4 nitrogen and oxygen atoms in total. The first-order valence-corrected chi connectivity index (χ1v) is 6.81. The summed E-state index contributed by atoms with van der Waals surface area (Å²) in [4.78, 5) is 13.1. The highest BCUT2D eigenvalue weighted by Crippen LogP contribution is 2.30. The maximum Gasteiger partial charge on any atom is 0.406 e. The lowest BCUT2D eigenvalue weighted by atomic mass is 10.1. The van der Waals surface area contributed by atoms with Crippen LogP contribution in [0.4, 0.5) is 13.2 Å². The Bertz CT molecular complexity index is 734. The Kier molecular flexibility index (Phi) is 4.68. The number of nitrogens with zero attached hydrogens (tertiary/aromatic N) is 1. The Hall–Kier alpha value is -2.44. The van der Waals surface area contributed by atoms with E-state index in [-0.39, 0.29) is 12.3 Å². The van der Waals surface area contributed by atoms with Crippen molar-refractivity contribution in [2.24, 2.45) is 0 Å². The number of halogens is 3. The summed E-state index contributed by atoms with van der Waals surface area (Å²) in [6.07, 6.45) is -3.26. The Morgan fingerprint density at radius 2 is 2.13 bits per heavy atom. The van der Waals surface area contributed by atoms with Crippen molar-refractivity contribution in [3.8, 4) is 5.75 Å². The Morgan fingerprint density at radius 3 is 2.70 bits per heavy atom. The number of hydrogen-bond donors (Lipinski definition) is 0. The van der Waals surface area contributed by atoms with Crippen LogP contribution in [0.25, 0.3) is 11.0 Å². The molecule has 1 heterocycles. The highest BCUT2D eigenvalue weighted by atomic mass is 19.4. The van der Waals surface area contributed by atoms with Crippen molar-refractivity contribution in [2.45, 2.75) is 13.1 Å². The highest BCUT2D eigenvalue weighted by molar-refractivity contribution is 5.99. The molecule has 1 aromatic heterocycles. The fraction of sp³-hybridized carbons (Fsp3) is 0.312. The molecular formula is C16H16F3NO3. The van der Waals surface area contributed by atoms with Crippen LogP contribution in [0.15, 0.2) is 35.3 Å². The average molecular weight is 327 g/mol. The minimum Gasteiger partial charge on any atom is -0.497 e.